The van der Waals surface area contributed by atoms with Crippen LogP contribution in [0.25, 0.3) is 0 Å². The lowest BCUT2D eigenvalue weighted by atomic mass is 9.90. The Morgan fingerprint density at radius 1 is 1.35 bits per heavy atom. The van der Waals surface area contributed by atoms with Gasteiger partial charge in [-0.3, -0.25) is 0 Å². The topological polar surface area (TPSA) is 24.9 Å². The monoisotopic (exact) mass is 252 g/mol. The van der Waals surface area contributed by atoms with Crippen molar-refractivity contribution in [3.63, 3.8) is 0 Å². The van der Waals surface area contributed by atoms with E-state index in [2.05, 4.69) is 23.4 Å². The second-order valence-corrected chi connectivity index (χ2v) is 6.18. The lowest BCUT2D eigenvalue weighted by Gasteiger charge is -2.18. The lowest BCUT2D eigenvalue weighted by Crippen LogP contribution is -2.13. The van der Waals surface area contributed by atoms with Gasteiger partial charge in [-0.2, -0.15) is 0 Å². The Balaban J connectivity index is 1.78. The van der Waals surface area contributed by atoms with Crippen molar-refractivity contribution < 1.29 is 0 Å². The molecule has 2 nitrogen and oxygen atoms in total. The Morgan fingerprint density at radius 3 is 2.94 bits per heavy atom. The van der Waals surface area contributed by atoms with E-state index in [1.54, 1.807) is 0 Å². The summed E-state index contributed by atoms with van der Waals surface area (Å²) in [4.78, 5) is 6.02. The molecule has 0 aliphatic heterocycles. The molecule has 0 radical (unpaired) electrons. The van der Waals surface area contributed by atoms with Crippen molar-refractivity contribution in [3.05, 3.63) is 16.1 Å². The number of hydrogen-bond acceptors (Lipinski definition) is 3. The maximum atomic E-state index is 4.62. The smallest absolute Gasteiger partial charge is 0.0959 e. The molecule has 0 aromatic carbocycles. The van der Waals surface area contributed by atoms with Crippen molar-refractivity contribution >= 4 is 11.3 Å². The summed E-state index contributed by atoms with van der Waals surface area (Å²) in [6.07, 6.45) is 11.5. The maximum Gasteiger partial charge on any atom is 0.0959 e. The summed E-state index contributed by atoms with van der Waals surface area (Å²) < 4.78 is 0. The highest BCUT2D eigenvalue weighted by Crippen LogP contribution is 2.34. The largest absolute Gasteiger partial charge is 0.312 e. The maximum absolute atomic E-state index is 4.62. The Hall–Kier alpha value is -0.410. The van der Waals surface area contributed by atoms with Crippen LogP contribution in [-0.4, -0.2) is 11.5 Å². The molecule has 0 amide bonds. The molecule has 1 heterocycles. The first-order valence-electron chi connectivity index (χ1n) is 7.05. The molecular weight excluding hydrogens is 228 g/mol. The Bertz CT molecular complexity index is 316. The Kier molecular flexibility index (Phi) is 5.46. The average molecular weight is 252 g/mol. The van der Waals surface area contributed by atoms with Crippen molar-refractivity contribution in [1.82, 2.24) is 10.3 Å². The third-order valence-electron chi connectivity index (χ3n) is 3.53. The summed E-state index contributed by atoms with van der Waals surface area (Å²) in [6.45, 7) is 4.37. The minimum absolute atomic E-state index is 0.762. The van der Waals surface area contributed by atoms with Crippen LogP contribution in [-0.2, 0) is 6.54 Å². The van der Waals surface area contributed by atoms with E-state index in [0.717, 1.165) is 19.0 Å². The highest BCUT2D eigenvalue weighted by atomic mass is 32.1. The fourth-order valence-corrected chi connectivity index (χ4v) is 3.51. The molecule has 1 fully saturated rings. The molecule has 0 unspecified atom stereocenters. The molecule has 3 heteroatoms. The molecule has 1 aromatic rings. The van der Waals surface area contributed by atoms with E-state index >= 15 is 0 Å². The number of unbranched alkanes of at least 4 members (excludes halogenated alkanes) is 1. The fraction of sp³-hybridized carbons (Fsp3) is 0.786. The third-order valence-corrected chi connectivity index (χ3v) is 4.69. The molecule has 17 heavy (non-hydrogen) atoms. The normalized spacial score (nSPS) is 17.5. The van der Waals surface area contributed by atoms with Crippen LogP contribution in [0.2, 0.25) is 0 Å². The molecule has 2 rings (SSSR count). The van der Waals surface area contributed by atoms with Gasteiger partial charge in [-0.15, -0.1) is 11.3 Å². The van der Waals surface area contributed by atoms with Gasteiger partial charge in [-0.25, -0.2) is 4.98 Å². The zero-order chi connectivity index (χ0) is 11.9. The Morgan fingerprint density at radius 2 is 2.18 bits per heavy atom. The van der Waals surface area contributed by atoms with Gasteiger partial charge < -0.3 is 5.32 Å². The molecule has 0 saturated heterocycles. The highest BCUT2D eigenvalue weighted by molar-refractivity contribution is 7.11. The Labute approximate surface area is 109 Å². The van der Waals surface area contributed by atoms with E-state index in [9.17, 15) is 0 Å². The van der Waals surface area contributed by atoms with Gasteiger partial charge >= 0.3 is 0 Å². The van der Waals surface area contributed by atoms with Crippen LogP contribution in [0.15, 0.2) is 6.20 Å². The van der Waals surface area contributed by atoms with Crippen LogP contribution in [0.4, 0.5) is 0 Å². The number of thiazole rings is 1. The second kappa shape index (κ2) is 7.12. The molecule has 96 valence electrons. The van der Waals surface area contributed by atoms with Gasteiger partial charge in [0.15, 0.2) is 0 Å². The number of aromatic nitrogens is 1. The predicted octanol–water partition coefficient (Wildman–Crippen LogP) is 4.08. The first kappa shape index (κ1) is 13.0. The van der Waals surface area contributed by atoms with E-state index in [1.165, 1.54) is 54.8 Å². The minimum Gasteiger partial charge on any atom is -0.312 e. The van der Waals surface area contributed by atoms with Crippen LogP contribution in [0.5, 0.6) is 0 Å². The summed E-state index contributed by atoms with van der Waals surface area (Å²) in [5, 5.41) is 4.88. The van der Waals surface area contributed by atoms with Gasteiger partial charge in [0.1, 0.15) is 0 Å². The van der Waals surface area contributed by atoms with Crippen LogP contribution in [0.1, 0.15) is 67.7 Å². The zero-order valence-corrected chi connectivity index (χ0v) is 11.7. The first-order chi connectivity index (χ1) is 8.40. The molecule has 1 N–H and O–H groups in total. The summed E-state index contributed by atoms with van der Waals surface area (Å²) in [6, 6.07) is 0. The van der Waals surface area contributed by atoms with E-state index in [-0.39, 0.29) is 0 Å². The van der Waals surface area contributed by atoms with Crippen molar-refractivity contribution in [3.8, 4) is 0 Å². The lowest BCUT2D eigenvalue weighted by molar-refractivity contribution is 0.442. The highest BCUT2D eigenvalue weighted by Gasteiger charge is 2.18. The van der Waals surface area contributed by atoms with Gasteiger partial charge in [0, 0.05) is 23.5 Å². The van der Waals surface area contributed by atoms with Crippen LogP contribution >= 0.6 is 11.3 Å². The van der Waals surface area contributed by atoms with Gasteiger partial charge in [0.05, 0.1) is 5.01 Å². The van der Waals surface area contributed by atoms with Crippen molar-refractivity contribution in [2.45, 2.75) is 64.3 Å². The molecule has 1 saturated carbocycles. The predicted molar refractivity (Wildman–Crippen MR) is 74.6 cm³/mol. The van der Waals surface area contributed by atoms with Gasteiger partial charge in [-0.05, 0) is 25.8 Å². The fourth-order valence-electron chi connectivity index (χ4n) is 2.46. The quantitative estimate of drug-likeness (QED) is 0.772. The summed E-state index contributed by atoms with van der Waals surface area (Å²) in [5.74, 6) is 0.762. The molecule has 0 atom stereocenters. The third kappa shape index (κ3) is 4.07. The summed E-state index contributed by atoms with van der Waals surface area (Å²) in [7, 11) is 0. The SMILES string of the molecule is CCCCNCc1cnc(C2CCCCC2)s1. The number of hydrogen-bond donors (Lipinski definition) is 1. The standard InChI is InChI=1S/C14H24N2S/c1-2-3-9-15-10-13-11-16-14(17-13)12-7-5-4-6-8-12/h11-12,15H,2-10H2,1H3. The van der Waals surface area contributed by atoms with E-state index in [0.29, 0.717) is 0 Å². The molecular formula is C14H24N2S. The first-order valence-corrected chi connectivity index (χ1v) is 7.87. The second-order valence-electron chi connectivity index (χ2n) is 5.03. The molecule has 1 aliphatic carbocycles. The molecule has 1 aromatic heterocycles. The van der Waals surface area contributed by atoms with Crippen LogP contribution in [0, 0.1) is 0 Å². The van der Waals surface area contributed by atoms with E-state index in [1.807, 2.05) is 11.3 Å². The average Bonchev–Trinajstić information content (AvgIpc) is 2.85. The van der Waals surface area contributed by atoms with Crippen LogP contribution in [0.3, 0.4) is 0 Å². The molecule has 0 spiro atoms. The summed E-state index contributed by atoms with van der Waals surface area (Å²) >= 11 is 1.92. The zero-order valence-electron chi connectivity index (χ0n) is 10.9. The van der Waals surface area contributed by atoms with Gasteiger partial charge in [0.2, 0.25) is 0 Å². The van der Waals surface area contributed by atoms with E-state index < -0.39 is 0 Å². The van der Waals surface area contributed by atoms with Gasteiger partial charge in [-0.1, -0.05) is 32.6 Å². The van der Waals surface area contributed by atoms with Crippen molar-refractivity contribution in [2.24, 2.45) is 0 Å². The number of nitrogens with zero attached hydrogens (tertiary/aromatic N) is 1. The minimum atomic E-state index is 0.762. The van der Waals surface area contributed by atoms with Crippen molar-refractivity contribution in [2.75, 3.05) is 6.54 Å². The number of rotatable bonds is 6. The summed E-state index contributed by atoms with van der Waals surface area (Å²) in [5.41, 5.74) is 0. The van der Waals surface area contributed by atoms with Crippen molar-refractivity contribution in [1.29, 1.82) is 0 Å². The molecule has 1 aliphatic rings. The van der Waals surface area contributed by atoms with Crippen LogP contribution < -0.4 is 5.32 Å². The molecule has 0 bridgehead atoms. The van der Waals surface area contributed by atoms with Gasteiger partial charge in [0.25, 0.3) is 0 Å². The van der Waals surface area contributed by atoms with E-state index in [4.69, 9.17) is 0 Å². The number of nitrogens with one attached hydrogen (secondary N) is 1.